The number of hydrogen-bond donors (Lipinski definition) is 1. The summed E-state index contributed by atoms with van der Waals surface area (Å²) in [6.07, 6.45) is 8.41. The van der Waals surface area contributed by atoms with Gasteiger partial charge in [-0.2, -0.15) is 0 Å². The van der Waals surface area contributed by atoms with Gasteiger partial charge in [0.1, 0.15) is 17.6 Å². The predicted octanol–water partition coefficient (Wildman–Crippen LogP) is 4.74. The number of ether oxygens (including phenoxy) is 1. The summed E-state index contributed by atoms with van der Waals surface area (Å²) >= 11 is 0. The monoisotopic (exact) mass is 281 g/mol. The molecule has 0 saturated carbocycles. The van der Waals surface area contributed by atoms with Crippen LogP contribution in [0.1, 0.15) is 76.4 Å². The van der Waals surface area contributed by atoms with Gasteiger partial charge in [0.05, 0.1) is 0 Å². The summed E-state index contributed by atoms with van der Waals surface area (Å²) in [6.45, 7) is 7.04. The van der Waals surface area contributed by atoms with E-state index in [0.29, 0.717) is 0 Å². The third kappa shape index (κ3) is 6.10. The quantitative estimate of drug-likeness (QED) is 0.596. The zero-order valence-electron chi connectivity index (χ0n) is 13.4. The zero-order valence-corrected chi connectivity index (χ0v) is 13.4. The van der Waals surface area contributed by atoms with Gasteiger partial charge in [-0.05, 0) is 31.9 Å². The first-order valence-corrected chi connectivity index (χ1v) is 8.12. The first-order valence-electron chi connectivity index (χ1n) is 8.12. The highest BCUT2D eigenvalue weighted by atomic mass is 16.5. The summed E-state index contributed by atoms with van der Waals surface area (Å²) in [4.78, 5) is 0. The van der Waals surface area contributed by atoms with Crippen molar-refractivity contribution < 1.29 is 9.15 Å². The van der Waals surface area contributed by atoms with Crippen molar-refractivity contribution in [3.63, 3.8) is 0 Å². The summed E-state index contributed by atoms with van der Waals surface area (Å²) in [7, 11) is 0. The molecule has 3 nitrogen and oxygen atoms in total. The van der Waals surface area contributed by atoms with Crippen LogP contribution in [0.25, 0.3) is 0 Å². The molecule has 1 heterocycles. The van der Waals surface area contributed by atoms with Gasteiger partial charge in [0.25, 0.3) is 0 Å². The largest absolute Gasteiger partial charge is 0.464 e. The Morgan fingerprint density at radius 3 is 2.40 bits per heavy atom. The molecule has 0 fully saturated rings. The Balaban J connectivity index is 2.31. The summed E-state index contributed by atoms with van der Waals surface area (Å²) in [5, 5.41) is 0. The van der Waals surface area contributed by atoms with Gasteiger partial charge in [0.2, 0.25) is 0 Å². The van der Waals surface area contributed by atoms with E-state index >= 15 is 0 Å². The molecule has 20 heavy (non-hydrogen) atoms. The van der Waals surface area contributed by atoms with Crippen molar-refractivity contribution in [3.05, 3.63) is 23.7 Å². The van der Waals surface area contributed by atoms with Crippen molar-refractivity contribution in [1.29, 1.82) is 0 Å². The second-order valence-electron chi connectivity index (χ2n) is 5.58. The minimum absolute atomic E-state index is 0.000594. The van der Waals surface area contributed by atoms with E-state index in [1.165, 1.54) is 32.1 Å². The van der Waals surface area contributed by atoms with Crippen molar-refractivity contribution >= 4 is 0 Å². The van der Waals surface area contributed by atoms with Gasteiger partial charge in [-0.15, -0.1) is 0 Å². The Labute approximate surface area is 123 Å². The van der Waals surface area contributed by atoms with Crippen molar-refractivity contribution in [2.75, 3.05) is 6.61 Å². The fourth-order valence-electron chi connectivity index (χ4n) is 2.33. The lowest BCUT2D eigenvalue weighted by Gasteiger charge is -2.21. The molecule has 2 atom stereocenters. The maximum absolute atomic E-state index is 6.15. The lowest BCUT2D eigenvalue weighted by Crippen LogP contribution is -2.29. The molecule has 0 aromatic carbocycles. The second-order valence-corrected chi connectivity index (χ2v) is 5.58. The molecule has 0 saturated heterocycles. The fourth-order valence-corrected chi connectivity index (χ4v) is 2.33. The van der Waals surface area contributed by atoms with E-state index in [1.807, 2.05) is 19.1 Å². The van der Waals surface area contributed by atoms with Crippen LogP contribution >= 0.6 is 0 Å². The topological polar surface area (TPSA) is 48.4 Å². The third-order valence-corrected chi connectivity index (χ3v) is 3.70. The lowest BCUT2D eigenvalue weighted by atomic mass is 10.1. The fraction of sp³-hybridized carbons (Fsp3) is 0.765. The highest BCUT2D eigenvalue weighted by Gasteiger charge is 2.22. The molecule has 1 aromatic rings. The number of hydrogen-bond acceptors (Lipinski definition) is 3. The minimum Gasteiger partial charge on any atom is -0.464 e. The summed E-state index contributed by atoms with van der Waals surface area (Å²) in [5.74, 6) is 1.78. The van der Waals surface area contributed by atoms with E-state index in [4.69, 9.17) is 14.9 Å². The van der Waals surface area contributed by atoms with Crippen LogP contribution in [-0.2, 0) is 4.74 Å². The smallest absolute Gasteiger partial charge is 0.134 e. The molecule has 0 radical (unpaired) electrons. The molecule has 116 valence electrons. The Hall–Kier alpha value is -0.800. The molecule has 0 aliphatic heterocycles. The molecule has 0 bridgehead atoms. The SMILES string of the molecule is CCCCCCCCOC(c1ccc(C)o1)C(N)CC. The number of nitrogens with two attached hydrogens (primary N) is 1. The van der Waals surface area contributed by atoms with E-state index in [2.05, 4.69) is 13.8 Å². The molecule has 0 aliphatic rings. The Kier molecular flexibility index (Phi) is 8.63. The normalized spacial score (nSPS) is 14.4. The number of rotatable bonds is 11. The van der Waals surface area contributed by atoms with Crippen LogP contribution in [0.3, 0.4) is 0 Å². The van der Waals surface area contributed by atoms with Crippen LogP contribution in [-0.4, -0.2) is 12.6 Å². The van der Waals surface area contributed by atoms with Crippen LogP contribution in [0.2, 0.25) is 0 Å². The molecule has 2 unspecified atom stereocenters. The highest BCUT2D eigenvalue weighted by molar-refractivity contribution is 5.10. The standard InChI is InChI=1S/C17H31NO2/c1-4-6-7-8-9-10-13-19-17(15(18)5-2)16-12-11-14(3)20-16/h11-12,15,17H,4-10,13,18H2,1-3H3. The minimum atomic E-state index is -0.107. The van der Waals surface area contributed by atoms with E-state index in [0.717, 1.165) is 31.0 Å². The van der Waals surface area contributed by atoms with Gasteiger partial charge in [-0.1, -0.05) is 46.0 Å². The maximum atomic E-state index is 6.15. The molecule has 0 amide bonds. The van der Waals surface area contributed by atoms with Crippen LogP contribution in [0.5, 0.6) is 0 Å². The maximum Gasteiger partial charge on any atom is 0.134 e. The molecule has 0 aliphatic carbocycles. The number of unbranched alkanes of at least 4 members (excludes halogenated alkanes) is 5. The molecule has 3 heteroatoms. The Morgan fingerprint density at radius 2 is 1.80 bits per heavy atom. The second kappa shape index (κ2) is 10.0. The van der Waals surface area contributed by atoms with Crippen molar-refractivity contribution in [3.8, 4) is 0 Å². The number of furan rings is 1. The zero-order chi connectivity index (χ0) is 14.8. The summed E-state index contributed by atoms with van der Waals surface area (Å²) in [6, 6.07) is 3.95. The van der Waals surface area contributed by atoms with Gasteiger partial charge < -0.3 is 14.9 Å². The van der Waals surface area contributed by atoms with Crippen LogP contribution in [0.15, 0.2) is 16.5 Å². The first kappa shape index (κ1) is 17.3. The molecular formula is C17H31NO2. The Morgan fingerprint density at radius 1 is 1.10 bits per heavy atom. The van der Waals surface area contributed by atoms with E-state index in [1.54, 1.807) is 0 Å². The van der Waals surface area contributed by atoms with Crippen molar-refractivity contribution in [2.24, 2.45) is 5.73 Å². The van der Waals surface area contributed by atoms with Crippen molar-refractivity contribution in [1.82, 2.24) is 0 Å². The Bertz CT molecular complexity index is 349. The summed E-state index contributed by atoms with van der Waals surface area (Å²) in [5.41, 5.74) is 6.15. The average Bonchev–Trinajstić information content (AvgIpc) is 2.87. The van der Waals surface area contributed by atoms with Crippen molar-refractivity contribution in [2.45, 2.75) is 77.9 Å². The van der Waals surface area contributed by atoms with E-state index in [-0.39, 0.29) is 12.1 Å². The van der Waals surface area contributed by atoms with Gasteiger partial charge in [-0.25, -0.2) is 0 Å². The molecular weight excluding hydrogens is 250 g/mol. The van der Waals surface area contributed by atoms with Crippen LogP contribution < -0.4 is 5.73 Å². The third-order valence-electron chi connectivity index (χ3n) is 3.70. The van der Waals surface area contributed by atoms with Gasteiger partial charge in [0.15, 0.2) is 0 Å². The van der Waals surface area contributed by atoms with Gasteiger partial charge >= 0.3 is 0 Å². The molecule has 1 rings (SSSR count). The summed E-state index contributed by atoms with van der Waals surface area (Å²) < 4.78 is 11.7. The van der Waals surface area contributed by atoms with Crippen LogP contribution in [0, 0.1) is 6.92 Å². The number of aryl methyl sites for hydroxylation is 1. The molecule has 0 spiro atoms. The lowest BCUT2D eigenvalue weighted by molar-refractivity contribution is 0.0165. The highest BCUT2D eigenvalue weighted by Crippen LogP contribution is 2.24. The van der Waals surface area contributed by atoms with E-state index in [9.17, 15) is 0 Å². The average molecular weight is 281 g/mol. The van der Waals surface area contributed by atoms with Gasteiger partial charge in [0, 0.05) is 12.6 Å². The first-order chi connectivity index (χ1) is 9.69. The van der Waals surface area contributed by atoms with Gasteiger partial charge in [-0.3, -0.25) is 0 Å². The predicted molar refractivity (Wildman–Crippen MR) is 83.8 cm³/mol. The van der Waals surface area contributed by atoms with Crippen LogP contribution in [0.4, 0.5) is 0 Å². The van der Waals surface area contributed by atoms with E-state index < -0.39 is 0 Å². The molecule has 2 N–H and O–H groups in total. The molecule has 1 aromatic heterocycles.